The molecule has 0 spiro atoms. The number of carbonyl (C=O) groups excluding carboxylic acids is 1. The Balaban J connectivity index is 1.99. The van der Waals surface area contributed by atoms with E-state index in [2.05, 4.69) is 10.3 Å². The fourth-order valence-corrected chi connectivity index (χ4v) is 1.64. The van der Waals surface area contributed by atoms with Crippen molar-refractivity contribution in [3.05, 3.63) is 34.3 Å². The first-order chi connectivity index (χ1) is 8.69. The van der Waals surface area contributed by atoms with E-state index in [1.807, 2.05) is 0 Å². The fraction of sp³-hybridized carbons (Fsp3) is 0.333. The number of aromatic amines is 1. The van der Waals surface area contributed by atoms with Gasteiger partial charge in [-0.2, -0.15) is 0 Å². The molecule has 2 rings (SSSR count). The molecule has 1 aromatic heterocycles. The first kappa shape index (κ1) is 12.4. The van der Waals surface area contributed by atoms with E-state index in [1.54, 1.807) is 18.2 Å². The number of hydrogen-bond donors (Lipinski definition) is 3. The maximum absolute atomic E-state index is 11.3. The van der Waals surface area contributed by atoms with Crippen LogP contribution in [-0.4, -0.2) is 22.6 Å². The van der Waals surface area contributed by atoms with Crippen LogP contribution in [0.1, 0.15) is 18.4 Å². The third-order valence-electron chi connectivity index (χ3n) is 2.53. The number of H-pyrrole nitrogens is 1. The molecule has 18 heavy (non-hydrogen) atoms. The van der Waals surface area contributed by atoms with Crippen LogP contribution in [0.5, 0.6) is 0 Å². The van der Waals surface area contributed by atoms with E-state index in [0.717, 1.165) is 5.56 Å². The van der Waals surface area contributed by atoms with Crippen molar-refractivity contribution in [1.29, 1.82) is 0 Å². The summed E-state index contributed by atoms with van der Waals surface area (Å²) in [5.41, 5.74) is 1.98. The average Bonchev–Trinajstić information content (AvgIpc) is 2.73. The van der Waals surface area contributed by atoms with Crippen LogP contribution in [-0.2, 0) is 11.3 Å². The predicted molar refractivity (Wildman–Crippen MR) is 65.0 cm³/mol. The zero-order valence-corrected chi connectivity index (χ0v) is 9.73. The SMILES string of the molecule is O=C(CCCO)NCc1ccc2oc(=O)[nH]c2c1. The molecule has 6 heteroatoms. The lowest BCUT2D eigenvalue weighted by molar-refractivity contribution is -0.121. The van der Waals surface area contributed by atoms with E-state index >= 15 is 0 Å². The summed E-state index contributed by atoms with van der Waals surface area (Å²) in [6, 6.07) is 5.22. The van der Waals surface area contributed by atoms with Crippen molar-refractivity contribution in [2.45, 2.75) is 19.4 Å². The number of amides is 1. The fourth-order valence-electron chi connectivity index (χ4n) is 1.64. The average molecular weight is 250 g/mol. The lowest BCUT2D eigenvalue weighted by atomic mass is 10.2. The molecule has 1 amide bonds. The Kier molecular flexibility index (Phi) is 3.78. The molecule has 0 aliphatic carbocycles. The van der Waals surface area contributed by atoms with Gasteiger partial charge in [-0.3, -0.25) is 9.78 Å². The molecule has 6 nitrogen and oxygen atoms in total. The predicted octanol–water partition coefficient (Wildman–Crippen LogP) is 0.510. The quantitative estimate of drug-likeness (QED) is 0.720. The third kappa shape index (κ3) is 2.98. The van der Waals surface area contributed by atoms with E-state index in [4.69, 9.17) is 9.52 Å². The van der Waals surface area contributed by atoms with E-state index in [0.29, 0.717) is 30.5 Å². The molecule has 1 heterocycles. The van der Waals surface area contributed by atoms with E-state index in [9.17, 15) is 9.59 Å². The first-order valence-electron chi connectivity index (χ1n) is 5.68. The number of aromatic nitrogens is 1. The van der Waals surface area contributed by atoms with Crippen LogP contribution in [0.15, 0.2) is 27.4 Å². The van der Waals surface area contributed by atoms with Crippen LogP contribution in [0.2, 0.25) is 0 Å². The van der Waals surface area contributed by atoms with Crippen molar-refractivity contribution in [2.75, 3.05) is 6.61 Å². The second-order valence-corrected chi connectivity index (χ2v) is 3.95. The molecule has 0 radical (unpaired) electrons. The van der Waals surface area contributed by atoms with Gasteiger partial charge in [-0.15, -0.1) is 0 Å². The Morgan fingerprint density at radius 3 is 3.06 bits per heavy atom. The molecule has 0 fully saturated rings. The van der Waals surface area contributed by atoms with Crippen molar-refractivity contribution >= 4 is 17.0 Å². The van der Waals surface area contributed by atoms with E-state index in [-0.39, 0.29) is 12.5 Å². The Morgan fingerprint density at radius 2 is 2.28 bits per heavy atom. The Hall–Kier alpha value is -2.08. The van der Waals surface area contributed by atoms with Gasteiger partial charge in [0.1, 0.15) is 0 Å². The zero-order valence-electron chi connectivity index (χ0n) is 9.73. The highest BCUT2D eigenvalue weighted by atomic mass is 16.4. The van der Waals surface area contributed by atoms with Gasteiger partial charge in [-0.05, 0) is 24.1 Å². The number of hydrogen-bond acceptors (Lipinski definition) is 4. The molecule has 0 aliphatic rings. The van der Waals surface area contributed by atoms with Gasteiger partial charge >= 0.3 is 5.76 Å². The lowest BCUT2D eigenvalue weighted by Gasteiger charge is -2.04. The van der Waals surface area contributed by atoms with Gasteiger partial charge in [0.05, 0.1) is 5.52 Å². The van der Waals surface area contributed by atoms with Crippen LogP contribution in [0.3, 0.4) is 0 Å². The smallest absolute Gasteiger partial charge is 0.408 e. The number of rotatable bonds is 5. The monoisotopic (exact) mass is 250 g/mol. The number of carbonyl (C=O) groups is 1. The van der Waals surface area contributed by atoms with Crippen LogP contribution < -0.4 is 11.1 Å². The van der Waals surface area contributed by atoms with Crippen LogP contribution in [0, 0.1) is 0 Å². The number of aliphatic hydroxyl groups is 1. The molecule has 0 saturated heterocycles. The first-order valence-corrected chi connectivity index (χ1v) is 5.68. The summed E-state index contributed by atoms with van der Waals surface area (Å²) in [5.74, 6) is -0.598. The molecule has 0 saturated carbocycles. The van der Waals surface area contributed by atoms with Crippen molar-refractivity contribution in [3.63, 3.8) is 0 Å². The van der Waals surface area contributed by atoms with Crippen molar-refractivity contribution in [1.82, 2.24) is 10.3 Å². The van der Waals surface area contributed by atoms with Gasteiger partial charge in [-0.25, -0.2) is 4.79 Å². The number of benzene rings is 1. The van der Waals surface area contributed by atoms with Gasteiger partial charge in [0.2, 0.25) is 5.91 Å². The van der Waals surface area contributed by atoms with Crippen LogP contribution >= 0.6 is 0 Å². The Bertz CT molecular complexity index is 599. The van der Waals surface area contributed by atoms with Gasteiger partial charge < -0.3 is 14.8 Å². The largest absolute Gasteiger partial charge is 0.417 e. The van der Waals surface area contributed by atoms with Crippen LogP contribution in [0.25, 0.3) is 11.1 Å². The van der Waals surface area contributed by atoms with Gasteiger partial charge in [0.25, 0.3) is 0 Å². The Morgan fingerprint density at radius 1 is 1.44 bits per heavy atom. The summed E-state index contributed by atoms with van der Waals surface area (Å²) < 4.78 is 4.88. The van der Waals surface area contributed by atoms with Crippen molar-refractivity contribution < 1.29 is 14.3 Å². The molecule has 2 aromatic rings. The second kappa shape index (κ2) is 5.50. The van der Waals surface area contributed by atoms with Gasteiger partial charge in [0, 0.05) is 19.6 Å². The third-order valence-corrected chi connectivity index (χ3v) is 2.53. The molecular weight excluding hydrogens is 236 g/mol. The molecule has 0 atom stereocenters. The number of fused-ring (bicyclic) bond motifs is 1. The van der Waals surface area contributed by atoms with E-state index < -0.39 is 5.76 Å². The highest BCUT2D eigenvalue weighted by Gasteiger charge is 2.04. The molecule has 0 unspecified atom stereocenters. The number of oxazole rings is 1. The normalized spacial score (nSPS) is 10.7. The standard InChI is InChI=1S/C12H14N2O4/c15-5-1-2-11(16)13-7-8-3-4-10-9(6-8)14-12(17)18-10/h3-4,6,15H,1-2,5,7H2,(H,13,16)(H,14,17). The molecule has 96 valence electrons. The maximum Gasteiger partial charge on any atom is 0.417 e. The summed E-state index contributed by atoms with van der Waals surface area (Å²) in [7, 11) is 0. The highest BCUT2D eigenvalue weighted by Crippen LogP contribution is 2.11. The van der Waals surface area contributed by atoms with Gasteiger partial charge in [0.15, 0.2) is 5.58 Å². The number of nitrogens with one attached hydrogen (secondary N) is 2. The summed E-state index contributed by atoms with van der Waals surface area (Å²) in [6.45, 7) is 0.392. The molecule has 3 N–H and O–H groups in total. The van der Waals surface area contributed by atoms with Crippen molar-refractivity contribution in [3.8, 4) is 0 Å². The molecule has 0 bridgehead atoms. The number of aliphatic hydroxyl groups excluding tert-OH is 1. The molecule has 1 aromatic carbocycles. The Labute approximate surface area is 103 Å². The topological polar surface area (TPSA) is 95.3 Å². The zero-order chi connectivity index (χ0) is 13.0. The van der Waals surface area contributed by atoms with E-state index in [1.165, 1.54) is 0 Å². The highest BCUT2D eigenvalue weighted by molar-refractivity contribution is 5.76. The molecule has 0 aliphatic heterocycles. The summed E-state index contributed by atoms with van der Waals surface area (Å²) >= 11 is 0. The second-order valence-electron chi connectivity index (χ2n) is 3.95. The minimum atomic E-state index is -0.492. The maximum atomic E-state index is 11.3. The summed E-state index contributed by atoms with van der Waals surface area (Å²) in [5, 5.41) is 11.3. The van der Waals surface area contributed by atoms with Gasteiger partial charge in [-0.1, -0.05) is 6.07 Å². The summed E-state index contributed by atoms with van der Waals surface area (Å²) in [4.78, 5) is 24.9. The van der Waals surface area contributed by atoms with Crippen LogP contribution in [0.4, 0.5) is 0 Å². The summed E-state index contributed by atoms with van der Waals surface area (Å²) in [6.07, 6.45) is 0.765. The minimum absolute atomic E-state index is 0.00956. The molecular formula is C12H14N2O4. The minimum Gasteiger partial charge on any atom is -0.408 e. The van der Waals surface area contributed by atoms with Crippen molar-refractivity contribution in [2.24, 2.45) is 0 Å². The lowest BCUT2D eigenvalue weighted by Crippen LogP contribution is -2.22.